The van der Waals surface area contributed by atoms with Crippen LogP contribution in [0, 0.1) is 0 Å². The van der Waals surface area contributed by atoms with E-state index in [1.165, 1.54) is 0 Å². The standard InChI is InChI=1S/C31H29BrN2O5S/c1-3-36-28-12-5-20(15-29(28)37-4-2)13-14-34-30(35)27(33-31(34)40)18-25-10-11-26(39-25)19-38-24-9-7-21-16-23(32)8-6-22(21)17-24/h5-12,15-18H,3-4,13-14,19H2,1-2H3,(H,33,40)/b27-18+. The molecule has 3 aromatic carbocycles. The van der Waals surface area contributed by atoms with Crippen LogP contribution < -0.4 is 19.5 Å². The third-order valence-corrected chi connectivity index (χ3v) is 7.13. The van der Waals surface area contributed by atoms with Crippen LogP contribution in [0.5, 0.6) is 17.2 Å². The summed E-state index contributed by atoms with van der Waals surface area (Å²) in [6.45, 7) is 5.67. The number of nitrogens with zero attached hydrogens (tertiary/aromatic N) is 1. The molecule has 40 heavy (non-hydrogen) atoms. The second-order valence-corrected chi connectivity index (χ2v) is 10.4. The first-order valence-corrected chi connectivity index (χ1v) is 14.3. The first kappa shape index (κ1) is 27.7. The van der Waals surface area contributed by atoms with Gasteiger partial charge < -0.3 is 23.9 Å². The van der Waals surface area contributed by atoms with Gasteiger partial charge in [0.05, 0.1) is 13.2 Å². The van der Waals surface area contributed by atoms with Crippen molar-refractivity contribution < 1.29 is 23.4 Å². The Bertz CT molecular complexity index is 1580. The van der Waals surface area contributed by atoms with Crippen molar-refractivity contribution in [3.8, 4) is 17.2 Å². The van der Waals surface area contributed by atoms with Gasteiger partial charge in [0.15, 0.2) is 16.6 Å². The summed E-state index contributed by atoms with van der Waals surface area (Å²) in [7, 11) is 0. The van der Waals surface area contributed by atoms with Gasteiger partial charge in [0.1, 0.15) is 29.6 Å². The molecule has 2 heterocycles. The Morgan fingerprint density at radius 1 is 0.925 bits per heavy atom. The van der Waals surface area contributed by atoms with Crippen LogP contribution >= 0.6 is 28.1 Å². The normalized spacial score (nSPS) is 14.2. The van der Waals surface area contributed by atoms with E-state index < -0.39 is 0 Å². The SMILES string of the molecule is CCOc1ccc(CCN2C(=O)/C(=C\c3ccc(COc4ccc5cc(Br)ccc5c4)o3)NC2=S)cc1OCC. The molecule has 4 aromatic rings. The van der Waals surface area contributed by atoms with E-state index in [-0.39, 0.29) is 12.5 Å². The second-order valence-electron chi connectivity index (χ2n) is 9.09. The Hall–Kier alpha value is -3.82. The molecular weight excluding hydrogens is 592 g/mol. The van der Waals surface area contributed by atoms with Crippen LogP contribution in [-0.4, -0.2) is 35.7 Å². The Kier molecular flexibility index (Phi) is 8.72. The highest BCUT2D eigenvalue weighted by Gasteiger charge is 2.30. The zero-order chi connectivity index (χ0) is 28.1. The van der Waals surface area contributed by atoms with E-state index in [1.807, 2.05) is 68.4 Å². The number of carbonyl (C=O) groups is 1. The van der Waals surface area contributed by atoms with Crippen LogP contribution in [0.15, 0.2) is 81.3 Å². The average molecular weight is 622 g/mol. The summed E-state index contributed by atoms with van der Waals surface area (Å²) in [5.41, 5.74) is 1.39. The number of carbonyl (C=O) groups excluding carboxylic acids is 1. The van der Waals surface area contributed by atoms with Crippen LogP contribution in [0.2, 0.25) is 0 Å². The molecule has 0 radical (unpaired) electrons. The van der Waals surface area contributed by atoms with Gasteiger partial charge in [0, 0.05) is 17.1 Å². The van der Waals surface area contributed by atoms with Gasteiger partial charge in [-0.25, -0.2) is 0 Å². The summed E-state index contributed by atoms with van der Waals surface area (Å²) >= 11 is 8.94. The third kappa shape index (κ3) is 6.48. The summed E-state index contributed by atoms with van der Waals surface area (Å²) in [6.07, 6.45) is 2.28. The molecule has 7 nitrogen and oxygen atoms in total. The van der Waals surface area contributed by atoms with Crippen molar-refractivity contribution in [2.45, 2.75) is 26.9 Å². The molecule has 0 saturated carbocycles. The molecule has 1 amide bonds. The number of amides is 1. The zero-order valence-corrected chi connectivity index (χ0v) is 24.6. The number of furan rings is 1. The predicted molar refractivity (Wildman–Crippen MR) is 163 cm³/mol. The summed E-state index contributed by atoms with van der Waals surface area (Å²) in [5.74, 6) is 3.14. The van der Waals surface area contributed by atoms with Crippen LogP contribution in [-0.2, 0) is 17.8 Å². The summed E-state index contributed by atoms with van der Waals surface area (Å²) in [6, 6.07) is 21.5. The first-order chi connectivity index (χ1) is 19.4. The van der Waals surface area contributed by atoms with Gasteiger partial charge >= 0.3 is 0 Å². The van der Waals surface area contributed by atoms with Gasteiger partial charge in [0.2, 0.25) is 0 Å². The number of fused-ring (bicyclic) bond motifs is 1. The van der Waals surface area contributed by atoms with E-state index in [9.17, 15) is 4.79 Å². The molecule has 1 saturated heterocycles. The first-order valence-electron chi connectivity index (χ1n) is 13.1. The Morgan fingerprint density at radius 2 is 1.70 bits per heavy atom. The molecule has 206 valence electrons. The lowest BCUT2D eigenvalue weighted by Gasteiger charge is -2.15. The number of hydrogen-bond acceptors (Lipinski definition) is 6. The van der Waals surface area contributed by atoms with Crippen molar-refractivity contribution in [2.24, 2.45) is 0 Å². The van der Waals surface area contributed by atoms with Crippen molar-refractivity contribution in [3.05, 3.63) is 94.0 Å². The molecule has 1 N–H and O–H groups in total. The summed E-state index contributed by atoms with van der Waals surface area (Å²) in [4.78, 5) is 14.6. The highest BCUT2D eigenvalue weighted by molar-refractivity contribution is 9.10. The topological polar surface area (TPSA) is 73.2 Å². The minimum atomic E-state index is -0.196. The minimum absolute atomic E-state index is 0.196. The van der Waals surface area contributed by atoms with Crippen molar-refractivity contribution in [2.75, 3.05) is 19.8 Å². The maximum atomic E-state index is 13.1. The van der Waals surface area contributed by atoms with Crippen molar-refractivity contribution >= 4 is 56.0 Å². The zero-order valence-electron chi connectivity index (χ0n) is 22.2. The fourth-order valence-corrected chi connectivity index (χ4v) is 5.06. The van der Waals surface area contributed by atoms with Crippen LogP contribution in [0.3, 0.4) is 0 Å². The molecule has 1 aromatic heterocycles. The molecule has 0 unspecified atom stereocenters. The number of thiocarbonyl (C=S) groups is 1. The van der Waals surface area contributed by atoms with Gasteiger partial charge in [-0.15, -0.1) is 0 Å². The highest BCUT2D eigenvalue weighted by atomic mass is 79.9. The van der Waals surface area contributed by atoms with E-state index in [2.05, 4.69) is 27.3 Å². The van der Waals surface area contributed by atoms with Gasteiger partial charge in [-0.1, -0.05) is 34.1 Å². The van der Waals surface area contributed by atoms with E-state index >= 15 is 0 Å². The van der Waals surface area contributed by atoms with Gasteiger partial charge in [0.25, 0.3) is 5.91 Å². The maximum Gasteiger partial charge on any atom is 0.276 e. The van der Waals surface area contributed by atoms with E-state index in [1.54, 1.807) is 17.0 Å². The Labute approximate surface area is 246 Å². The number of benzene rings is 3. The molecule has 5 rings (SSSR count). The summed E-state index contributed by atoms with van der Waals surface area (Å²) < 4.78 is 24.2. The molecule has 0 aliphatic carbocycles. The van der Waals surface area contributed by atoms with Crippen molar-refractivity contribution in [1.29, 1.82) is 0 Å². The van der Waals surface area contributed by atoms with Crippen LogP contribution in [0.1, 0.15) is 30.9 Å². The summed E-state index contributed by atoms with van der Waals surface area (Å²) in [5, 5.41) is 5.60. The number of nitrogens with one attached hydrogen (secondary N) is 1. The van der Waals surface area contributed by atoms with Gasteiger partial charge in [-0.3, -0.25) is 9.69 Å². The smallest absolute Gasteiger partial charge is 0.276 e. The average Bonchev–Trinajstić information content (AvgIpc) is 3.50. The van der Waals surface area contributed by atoms with Crippen LogP contribution in [0.25, 0.3) is 16.8 Å². The Balaban J connectivity index is 1.19. The predicted octanol–water partition coefficient (Wildman–Crippen LogP) is 6.87. The number of hydrogen-bond donors (Lipinski definition) is 1. The minimum Gasteiger partial charge on any atom is -0.490 e. The largest absolute Gasteiger partial charge is 0.490 e. The molecule has 1 aliphatic heterocycles. The lowest BCUT2D eigenvalue weighted by molar-refractivity contribution is -0.122. The second kappa shape index (κ2) is 12.6. The fraction of sp³-hybridized carbons (Fsp3) is 0.226. The highest BCUT2D eigenvalue weighted by Crippen LogP contribution is 2.29. The third-order valence-electron chi connectivity index (χ3n) is 6.32. The maximum absolute atomic E-state index is 13.1. The van der Waals surface area contributed by atoms with Gasteiger partial charge in [-0.05, 0) is 97.4 Å². The molecule has 0 atom stereocenters. The number of halogens is 1. The molecule has 1 fully saturated rings. The van der Waals surface area contributed by atoms with E-state index in [0.29, 0.717) is 60.0 Å². The Morgan fingerprint density at radius 3 is 2.52 bits per heavy atom. The lowest BCUT2D eigenvalue weighted by Crippen LogP contribution is -2.32. The van der Waals surface area contributed by atoms with Crippen molar-refractivity contribution in [3.63, 3.8) is 0 Å². The van der Waals surface area contributed by atoms with Crippen LogP contribution in [0.4, 0.5) is 0 Å². The quantitative estimate of drug-likeness (QED) is 0.145. The van der Waals surface area contributed by atoms with E-state index in [0.717, 1.165) is 26.6 Å². The molecule has 0 spiro atoms. The molecular formula is C31H29BrN2O5S. The van der Waals surface area contributed by atoms with E-state index in [4.69, 9.17) is 30.8 Å². The molecule has 1 aliphatic rings. The lowest BCUT2D eigenvalue weighted by atomic mass is 10.1. The molecule has 0 bridgehead atoms. The number of ether oxygens (including phenoxy) is 3. The molecule has 9 heteroatoms. The van der Waals surface area contributed by atoms with Gasteiger partial charge in [-0.2, -0.15) is 0 Å². The fourth-order valence-electron chi connectivity index (χ4n) is 4.40. The van der Waals surface area contributed by atoms with Crippen molar-refractivity contribution in [1.82, 2.24) is 10.2 Å². The monoisotopic (exact) mass is 620 g/mol. The number of rotatable bonds is 11.